The molecule has 0 aliphatic rings. The molecule has 6 nitrogen and oxygen atoms in total. The molecule has 0 amide bonds. The van der Waals surface area contributed by atoms with Crippen molar-refractivity contribution in [2.24, 2.45) is 0 Å². The molecule has 0 spiro atoms. The van der Waals surface area contributed by atoms with Crippen molar-refractivity contribution in [3.63, 3.8) is 0 Å². The highest BCUT2D eigenvalue weighted by molar-refractivity contribution is 5.33. The Morgan fingerprint density at radius 3 is 2.88 bits per heavy atom. The molecule has 0 aromatic carbocycles. The number of pyridine rings is 1. The molecule has 0 N–H and O–H groups in total. The molecule has 0 aliphatic carbocycles. The van der Waals surface area contributed by atoms with E-state index >= 15 is 0 Å². The summed E-state index contributed by atoms with van der Waals surface area (Å²) in [4.78, 5) is 14.6. The Bertz CT molecular complexity index is 522. The van der Waals surface area contributed by atoms with Gasteiger partial charge in [-0.15, -0.1) is 0 Å². The summed E-state index contributed by atoms with van der Waals surface area (Å²) in [5, 5.41) is 14.8. The molecule has 0 bridgehead atoms. The minimum Gasteiger partial charge on any atom is -0.259 e. The van der Waals surface area contributed by atoms with Crippen molar-refractivity contribution in [3.8, 4) is 0 Å². The first kappa shape index (κ1) is 11.3. The third-order valence-electron chi connectivity index (χ3n) is 2.50. The van der Waals surface area contributed by atoms with E-state index < -0.39 is 4.92 Å². The highest BCUT2D eigenvalue weighted by atomic mass is 16.6. The average molecular weight is 232 g/mol. The Morgan fingerprint density at radius 2 is 2.29 bits per heavy atom. The van der Waals surface area contributed by atoms with Gasteiger partial charge in [0.15, 0.2) is 0 Å². The van der Waals surface area contributed by atoms with E-state index in [1.807, 2.05) is 25.1 Å². The van der Waals surface area contributed by atoms with Crippen LogP contribution in [0.5, 0.6) is 0 Å². The first-order chi connectivity index (χ1) is 8.22. The molecular weight excluding hydrogens is 220 g/mol. The van der Waals surface area contributed by atoms with Crippen molar-refractivity contribution < 1.29 is 4.92 Å². The van der Waals surface area contributed by atoms with Crippen LogP contribution in [0.25, 0.3) is 0 Å². The van der Waals surface area contributed by atoms with Gasteiger partial charge in [0.05, 0.1) is 17.2 Å². The summed E-state index contributed by atoms with van der Waals surface area (Å²) in [5.74, 6) is 0. The van der Waals surface area contributed by atoms with E-state index in [9.17, 15) is 10.1 Å². The van der Waals surface area contributed by atoms with Crippen LogP contribution in [0.15, 0.2) is 30.6 Å². The standard InChI is InChI=1S/C11H12N4O2/c1-2-10-11(15(16)17)7-13-14(10)8-9-5-3-4-6-12-9/h3-7H,2,8H2,1H3. The van der Waals surface area contributed by atoms with E-state index in [0.717, 1.165) is 5.69 Å². The zero-order chi connectivity index (χ0) is 12.3. The molecule has 6 heteroatoms. The minimum atomic E-state index is -0.402. The summed E-state index contributed by atoms with van der Waals surface area (Å²) < 4.78 is 1.63. The van der Waals surface area contributed by atoms with Gasteiger partial charge in [0, 0.05) is 6.20 Å². The fraction of sp³-hybridized carbons (Fsp3) is 0.273. The second-order valence-corrected chi connectivity index (χ2v) is 3.57. The number of rotatable bonds is 4. The number of aromatic nitrogens is 3. The van der Waals surface area contributed by atoms with Crippen LogP contribution in [0.1, 0.15) is 18.3 Å². The van der Waals surface area contributed by atoms with Crippen molar-refractivity contribution in [2.75, 3.05) is 0 Å². The zero-order valence-electron chi connectivity index (χ0n) is 9.41. The maximum atomic E-state index is 10.8. The molecule has 0 unspecified atom stereocenters. The van der Waals surface area contributed by atoms with Gasteiger partial charge in [-0.25, -0.2) is 0 Å². The van der Waals surface area contributed by atoms with Crippen LogP contribution in [0.2, 0.25) is 0 Å². The molecule has 0 radical (unpaired) electrons. The highest BCUT2D eigenvalue weighted by Gasteiger charge is 2.18. The average Bonchev–Trinajstić information content (AvgIpc) is 2.73. The van der Waals surface area contributed by atoms with Crippen LogP contribution in [-0.2, 0) is 13.0 Å². The quantitative estimate of drug-likeness (QED) is 0.595. The van der Waals surface area contributed by atoms with Crippen molar-refractivity contribution in [3.05, 3.63) is 52.1 Å². The summed E-state index contributed by atoms with van der Waals surface area (Å²) in [6, 6.07) is 5.58. The molecule has 0 aliphatic heterocycles. The summed E-state index contributed by atoms with van der Waals surface area (Å²) >= 11 is 0. The summed E-state index contributed by atoms with van der Waals surface area (Å²) in [6.07, 6.45) is 3.56. The van der Waals surface area contributed by atoms with Gasteiger partial charge in [-0.05, 0) is 18.6 Å². The molecule has 0 saturated heterocycles. The Hall–Kier alpha value is -2.24. The van der Waals surface area contributed by atoms with Gasteiger partial charge in [-0.2, -0.15) is 5.10 Å². The van der Waals surface area contributed by atoms with Gasteiger partial charge in [0.1, 0.15) is 11.9 Å². The molecule has 17 heavy (non-hydrogen) atoms. The normalized spacial score (nSPS) is 10.4. The number of hydrogen-bond donors (Lipinski definition) is 0. The topological polar surface area (TPSA) is 73.8 Å². The van der Waals surface area contributed by atoms with Crippen LogP contribution in [0.4, 0.5) is 5.69 Å². The fourth-order valence-corrected chi connectivity index (χ4v) is 1.70. The Balaban J connectivity index is 2.31. The maximum absolute atomic E-state index is 10.8. The van der Waals surface area contributed by atoms with Gasteiger partial charge in [-0.1, -0.05) is 13.0 Å². The molecule has 2 aromatic rings. The first-order valence-corrected chi connectivity index (χ1v) is 5.31. The van der Waals surface area contributed by atoms with E-state index in [-0.39, 0.29) is 5.69 Å². The Kier molecular flexibility index (Phi) is 3.13. The van der Waals surface area contributed by atoms with E-state index in [2.05, 4.69) is 10.1 Å². The molecule has 0 saturated carbocycles. The van der Waals surface area contributed by atoms with Gasteiger partial charge >= 0.3 is 5.69 Å². The van der Waals surface area contributed by atoms with Gasteiger partial charge in [-0.3, -0.25) is 19.8 Å². The predicted octanol–water partition coefficient (Wildman–Crippen LogP) is 1.80. The molecule has 2 aromatic heterocycles. The minimum absolute atomic E-state index is 0.0726. The lowest BCUT2D eigenvalue weighted by Crippen LogP contribution is -2.07. The van der Waals surface area contributed by atoms with Crippen LogP contribution in [0, 0.1) is 10.1 Å². The zero-order valence-corrected chi connectivity index (χ0v) is 9.41. The lowest BCUT2D eigenvalue weighted by molar-refractivity contribution is -0.385. The number of hydrogen-bond acceptors (Lipinski definition) is 4. The van der Waals surface area contributed by atoms with Crippen LogP contribution < -0.4 is 0 Å². The second kappa shape index (κ2) is 4.73. The van der Waals surface area contributed by atoms with E-state index in [1.165, 1.54) is 6.20 Å². The van der Waals surface area contributed by atoms with E-state index in [1.54, 1.807) is 10.9 Å². The van der Waals surface area contributed by atoms with Crippen molar-refractivity contribution in [1.29, 1.82) is 0 Å². The lowest BCUT2D eigenvalue weighted by atomic mass is 10.3. The third-order valence-corrected chi connectivity index (χ3v) is 2.50. The van der Waals surface area contributed by atoms with E-state index in [4.69, 9.17) is 0 Å². The molecule has 2 heterocycles. The smallest absolute Gasteiger partial charge is 0.259 e. The van der Waals surface area contributed by atoms with Gasteiger partial charge < -0.3 is 0 Å². The lowest BCUT2D eigenvalue weighted by Gasteiger charge is -2.04. The molecule has 88 valence electrons. The Labute approximate surface area is 98.1 Å². The molecule has 0 fully saturated rings. The van der Waals surface area contributed by atoms with Crippen molar-refractivity contribution in [2.45, 2.75) is 19.9 Å². The van der Waals surface area contributed by atoms with E-state index in [0.29, 0.717) is 18.7 Å². The fourth-order valence-electron chi connectivity index (χ4n) is 1.70. The Morgan fingerprint density at radius 1 is 1.47 bits per heavy atom. The SMILES string of the molecule is CCc1c([N+](=O)[O-])cnn1Cc1ccccn1. The van der Waals surface area contributed by atoms with Crippen LogP contribution >= 0.6 is 0 Å². The predicted molar refractivity (Wildman–Crippen MR) is 61.6 cm³/mol. The highest BCUT2D eigenvalue weighted by Crippen LogP contribution is 2.18. The van der Waals surface area contributed by atoms with Gasteiger partial charge in [0.25, 0.3) is 0 Å². The van der Waals surface area contributed by atoms with Crippen LogP contribution in [-0.4, -0.2) is 19.7 Å². The van der Waals surface area contributed by atoms with Crippen molar-refractivity contribution in [1.82, 2.24) is 14.8 Å². The number of nitro groups is 1. The largest absolute Gasteiger partial charge is 0.310 e. The van der Waals surface area contributed by atoms with Crippen LogP contribution in [0.3, 0.4) is 0 Å². The van der Waals surface area contributed by atoms with Crippen molar-refractivity contribution >= 4 is 5.69 Å². The summed E-state index contributed by atoms with van der Waals surface area (Å²) in [7, 11) is 0. The first-order valence-electron chi connectivity index (χ1n) is 5.31. The second-order valence-electron chi connectivity index (χ2n) is 3.57. The maximum Gasteiger partial charge on any atom is 0.310 e. The molecule has 0 atom stereocenters. The van der Waals surface area contributed by atoms with Gasteiger partial charge in [0.2, 0.25) is 0 Å². The molecular formula is C11H12N4O2. The third kappa shape index (κ3) is 2.30. The summed E-state index contributed by atoms with van der Waals surface area (Å²) in [5.41, 5.74) is 1.53. The summed E-state index contributed by atoms with van der Waals surface area (Å²) in [6.45, 7) is 2.33. The number of nitrogens with zero attached hydrogens (tertiary/aromatic N) is 4. The monoisotopic (exact) mass is 232 g/mol. The molecule has 2 rings (SSSR count).